The van der Waals surface area contributed by atoms with Gasteiger partial charge in [-0.25, -0.2) is 0 Å². The lowest BCUT2D eigenvalue weighted by atomic mass is 10.1. The lowest BCUT2D eigenvalue weighted by Crippen LogP contribution is -2.33. The third-order valence-corrected chi connectivity index (χ3v) is 5.57. The average molecular weight is 411 g/mol. The summed E-state index contributed by atoms with van der Waals surface area (Å²) >= 11 is 0. The van der Waals surface area contributed by atoms with E-state index in [1.807, 2.05) is 94.4 Å². The van der Waals surface area contributed by atoms with Crippen molar-refractivity contribution in [1.29, 1.82) is 0 Å². The van der Waals surface area contributed by atoms with Gasteiger partial charge in [-0.05, 0) is 80.6 Å². The smallest absolute Gasteiger partial charge is 0.258 e. The Hall–Kier alpha value is -3.66. The number of hydrogen-bond donors (Lipinski definition) is 1. The summed E-state index contributed by atoms with van der Waals surface area (Å²) in [6.07, 6.45) is 0. The number of fused-ring (bicyclic) bond motifs is 1. The zero-order chi connectivity index (χ0) is 22.1. The number of nitrogens with zero attached hydrogens (tertiary/aromatic N) is 1. The van der Waals surface area contributed by atoms with Crippen molar-refractivity contribution in [2.24, 2.45) is 0 Å². The molecule has 0 radical (unpaired) electrons. The topological polar surface area (TPSA) is 53.2 Å². The van der Waals surface area contributed by atoms with Crippen LogP contribution in [0.5, 0.6) is 0 Å². The van der Waals surface area contributed by atoms with Gasteiger partial charge in [-0.2, -0.15) is 0 Å². The molecule has 3 aromatic carbocycles. The number of aromatic amines is 1. The number of anilines is 1. The Morgan fingerprint density at radius 1 is 0.839 bits per heavy atom. The highest BCUT2D eigenvalue weighted by atomic mass is 16.2. The number of rotatable bonds is 4. The summed E-state index contributed by atoms with van der Waals surface area (Å²) in [7, 11) is 0. The maximum atomic E-state index is 13.6. The van der Waals surface area contributed by atoms with Crippen LogP contribution in [0.3, 0.4) is 0 Å². The summed E-state index contributed by atoms with van der Waals surface area (Å²) in [5.74, 6) is -0.124. The first kappa shape index (κ1) is 20.6. The number of carbonyl (C=O) groups excluding carboxylic acids is 1. The second kappa shape index (κ2) is 8.23. The van der Waals surface area contributed by atoms with E-state index in [0.717, 1.165) is 38.8 Å². The normalized spacial score (nSPS) is 11.0. The number of hydrogen-bond acceptors (Lipinski definition) is 2. The van der Waals surface area contributed by atoms with Crippen LogP contribution in [0.15, 0.2) is 71.5 Å². The van der Waals surface area contributed by atoms with Crippen molar-refractivity contribution in [3.05, 3.63) is 110 Å². The highest BCUT2D eigenvalue weighted by Gasteiger charge is 2.21. The Kier molecular flexibility index (Phi) is 5.47. The predicted molar refractivity (Wildman–Crippen MR) is 127 cm³/mol. The summed E-state index contributed by atoms with van der Waals surface area (Å²) < 4.78 is 0. The summed E-state index contributed by atoms with van der Waals surface area (Å²) in [5.41, 5.74) is 6.78. The zero-order valence-corrected chi connectivity index (χ0v) is 18.3. The van der Waals surface area contributed by atoms with Crippen LogP contribution in [-0.2, 0) is 6.54 Å². The van der Waals surface area contributed by atoms with Gasteiger partial charge in [-0.3, -0.25) is 9.59 Å². The van der Waals surface area contributed by atoms with E-state index in [1.165, 1.54) is 0 Å². The molecule has 1 heterocycles. The molecular weight excluding hydrogens is 384 g/mol. The van der Waals surface area contributed by atoms with Crippen LogP contribution in [0.1, 0.15) is 38.2 Å². The number of amides is 1. The molecule has 0 spiro atoms. The van der Waals surface area contributed by atoms with Gasteiger partial charge in [0.2, 0.25) is 0 Å². The molecule has 1 N–H and O–H groups in total. The summed E-state index contributed by atoms with van der Waals surface area (Å²) in [4.78, 5) is 31.1. The third-order valence-electron chi connectivity index (χ3n) is 5.57. The molecule has 31 heavy (non-hydrogen) atoms. The Balaban J connectivity index is 1.84. The number of nitrogens with one attached hydrogen (secondary N) is 1. The first-order valence-electron chi connectivity index (χ1n) is 10.4. The van der Waals surface area contributed by atoms with E-state index < -0.39 is 0 Å². The van der Waals surface area contributed by atoms with Gasteiger partial charge in [-0.1, -0.05) is 41.5 Å². The number of aryl methyl sites for hydroxylation is 4. The molecule has 0 fully saturated rings. The number of aromatic nitrogens is 1. The van der Waals surface area contributed by atoms with Gasteiger partial charge in [0.15, 0.2) is 0 Å². The van der Waals surface area contributed by atoms with Crippen molar-refractivity contribution >= 4 is 22.5 Å². The Morgan fingerprint density at radius 3 is 2.32 bits per heavy atom. The molecule has 0 saturated heterocycles. The van der Waals surface area contributed by atoms with Crippen molar-refractivity contribution < 1.29 is 4.79 Å². The minimum atomic E-state index is -0.177. The number of pyridine rings is 1. The molecule has 0 unspecified atom stereocenters. The SMILES string of the molecule is Cc1cccc(C(=O)N(Cc2cc3cc(C)ccc3[nH]c2=O)c2cc(C)ccc2C)c1. The lowest BCUT2D eigenvalue weighted by Gasteiger charge is -2.25. The maximum absolute atomic E-state index is 13.6. The van der Waals surface area contributed by atoms with E-state index in [1.54, 1.807) is 4.90 Å². The zero-order valence-electron chi connectivity index (χ0n) is 18.3. The van der Waals surface area contributed by atoms with Gasteiger partial charge in [0, 0.05) is 22.3 Å². The predicted octanol–water partition coefficient (Wildman–Crippen LogP) is 5.61. The van der Waals surface area contributed by atoms with E-state index >= 15 is 0 Å². The molecule has 0 atom stereocenters. The van der Waals surface area contributed by atoms with E-state index in [4.69, 9.17) is 0 Å². The molecule has 4 nitrogen and oxygen atoms in total. The van der Waals surface area contributed by atoms with Crippen LogP contribution < -0.4 is 10.5 Å². The molecule has 0 aliphatic rings. The second-order valence-corrected chi connectivity index (χ2v) is 8.27. The molecular formula is C27H26N2O2. The van der Waals surface area contributed by atoms with Gasteiger partial charge >= 0.3 is 0 Å². The highest BCUT2D eigenvalue weighted by Crippen LogP contribution is 2.26. The largest absolute Gasteiger partial charge is 0.322 e. The highest BCUT2D eigenvalue weighted by molar-refractivity contribution is 6.06. The molecule has 156 valence electrons. The molecule has 0 aliphatic heterocycles. The number of carbonyl (C=O) groups is 1. The Morgan fingerprint density at radius 2 is 1.55 bits per heavy atom. The van der Waals surface area contributed by atoms with E-state index in [-0.39, 0.29) is 18.0 Å². The van der Waals surface area contributed by atoms with Gasteiger partial charge in [-0.15, -0.1) is 0 Å². The van der Waals surface area contributed by atoms with Crippen molar-refractivity contribution in [2.45, 2.75) is 34.2 Å². The Labute approximate surface area is 182 Å². The minimum absolute atomic E-state index is 0.124. The molecule has 4 rings (SSSR count). The summed E-state index contributed by atoms with van der Waals surface area (Å²) in [6.45, 7) is 8.17. The van der Waals surface area contributed by atoms with Crippen LogP contribution in [0.25, 0.3) is 10.9 Å². The maximum Gasteiger partial charge on any atom is 0.258 e. The van der Waals surface area contributed by atoms with Crippen molar-refractivity contribution in [3.8, 4) is 0 Å². The van der Waals surface area contributed by atoms with Crippen LogP contribution >= 0.6 is 0 Å². The van der Waals surface area contributed by atoms with Gasteiger partial charge in [0.05, 0.1) is 6.54 Å². The standard InChI is InChI=1S/C27H26N2O2/c1-17-6-5-7-21(12-17)27(31)29(25-14-19(3)8-10-20(25)4)16-23-15-22-13-18(2)9-11-24(22)28-26(23)30/h5-15H,16H2,1-4H3,(H,28,30). The fraction of sp³-hybridized carbons (Fsp3) is 0.185. The van der Waals surface area contributed by atoms with Crippen LogP contribution in [0, 0.1) is 27.7 Å². The molecule has 4 heteroatoms. The van der Waals surface area contributed by atoms with Gasteiger partial charge < -0.3 is 9.88 Å². The van der Waals surface area contributed by atoms with Gasteiger partial charge in [0.25, 0.3) is 11.5 Å². The summed E-state index contributed by atoms with van der Waals surface area (Å²) in [5, 5.41) is 0.957. The molecule has 0 aliphatic carbocycles. The molecule has 0 saturated carbocycles. The van der Waals surface area contributed by atoms with Crippen molar-refractivity contribution in [2.75, 3.05) is 4.90 Å². The minimum Gasteiger partial charge on any atom is -0.322 e. The monoisotopic (exact) mass is 410 g/mol. The van der Waals surface area contributed by atoms with Crippen LogP contribution in [0.4, 0.5) is 5.69 Å². The lowest BCUT2D eigenvalue weighted by molar-refractivity contribution is 0.0985. The first-order chi connectivity index (χ1) is 14.8. The Bertz CT molecular complexity index is 1350. The molecule has 1 aromatic heterocycles. The molecule has 0 bridgehead atoms. The molecule has 4 aromatic rings. The van der Waals surface area contributed by atoms with Gasteiger partial charge in [0.1, 0.15) is 0 Å². The number of H-pyrrole nitrogens is 1. The van der Waals surface area contributed by atoms with Crippen molar-refractivity contribution in [3.63, 3.8) is 0 Å². The number of benzene rings is 3. The molecule has 1 amide bonds. The van der Waals surface area contributed by atoms with Crippen LogP contribution in [-0.4, -0.2) is 10.9 Å². The van der Waals surface area contributed by atoms with E-state index in [0.29, 0.717) is 11.1 Å². The fourth-order valence-electron chi connectivity index (χ4n) is 3.87. The quantitative estimate of drug-likeness (QED) is 0.475. The average Bonchev–Trinajstić information content (AvgIpc) is 2.74. The second-order valence-electron chi connectivity index (χ2n) is 8.27. The van der Waals surface area contributed by atoms with Crippen LogP contribution in [0.2, 0.25) is 0 Å². The van der Waals surface area contributed by atoms with Crippen molar-refractivity contribution in [1.82, 2.24) is 4.98 Å². The first-order valence-corrected chi connectivity index (χ1v) is 10.4. The van der Waals surface area contributed by atoms with E-state index in [2.05, 4.69) is 4.98 Å². The van der Waals surface area contributed by atoms with E-state index in [9.17, 15) is 9.59 Å². The third kappa shape index (κ3) is 4.29. The summed E-state index contributed by atoms with van der Waals surface area (Å²) in [6, 6.07) is 21.4. The fourth-order valence-corrected chi connectivity index (χ4v) is 3.87.